The molecule has 43 heavy (non-hydrogen) atoms. The van der Waals surface area contributed by atoms with Crippen LogP contribution in [0.1, 0.15) is 57.1 Å². The highest BCUT2D eigenvalue weighted by atomic mass is 19.3. The molecule has 226 valence electrons. The minimum atomic E-state index is -3.05. The molecule has 3 aromatic rings. The number of aromatic nitrogens is 3. The normalized spacial score (nSPS) is 28.2. The van der Waals surface area contributed by atoms with Gasteiger partial charge in [0.05, 0.1) is 23.1 Å². The Morgan fingerprint density at radius 1 is 1.09 bits per heavy atom. The molecule has 7 rings (SSSR count). The zero-order valence-electron chi connectivity index (χ0n) is 24.4. The number of aliphatic hydroxyl groups excluding tert-OH is 1. The smallest absolute Gasteiger partial charge is 0.276 e. The fourth-order valence-corrected chi connectivity index (χ4v) is 6.57. The van der Waals surface area contributed by atoms with E-state index in [4.69, 9.17) is 0 Å². The second-order valence-electron chi connectivity index (χ2n) is 12.4. The SMILES string of the molecule is C/C=C\[C@@]1(C)Nc2nn(c(=O)c3cc(=O)n(C4(C#N)CC4)cc23)CCC(O)CN2CCC(CC2)C(F)(F)c2cccc1c2. The topological polar surface area (TPSA) is 116 Å². The third-order valence-electron chi connectivity index (χ3n) is 9.36. The molecule has 0 amide bonds. The zero-order chi connectivity index (χ0) is 30.6. The van der Waals surface area contributed by atoms with Gasteiger partial charge in [-0.05, 0) is 70.7 Å². The van der Waals surface area contributed by atoms with E-state index in [1.807, 2.05) is 30.9 Å². The van der Waals surface area contributed by atoms with Gasteiger partial charge >= 0.3 is 0 Å². The fourth-order valence-electron chi connectivity index (χ4n) is 6.57. The van der Waals surface area contributed by atoms with Gasteiger partial charge < -0.3 is 15.3 Å². The third kappa shape index (κ3) is 5.17. The van der Waals surface area contributed by atoms with Crippen LogP contribution >= 0.6 is 0 Å². The molecular weight excluding hydrogens is 554 g/mol. The van der Waals surface area contributed by atoms with Crippen LogP contribution in [0.5, 0.6) is 0 Å². The van der Waals surface area contributed by atoms with Crippen LogP contribution in [0.3, 0.4) is 0 Å². The Balaban J connectivity index is 1.56. The first-order chi connectivity index (χ1) is 20.5. The second kappa shape index (κ2) is 10.7. The van der Waals surface area contributed by atoms with Crippen molar-refractivity contribution in [1.29, 1.82) is 5.26 Å². The minimum Gasteiger partial charge on any atom is -0.392 e. The molecule has 6 bridgehead atoms. The average molecular weight is 591 g/mol. The summed E-state index contributed by atoms with van der Waals surface area (Å²) in [7, 11) is 0. The van der Waals surface area contributed by atoms with Crippen molar-refractivity contribution in [2.75, 3.05) is 25.0 Å². The molecule has 1 unspecified atom stereocenters. The molecule has 9 nitrogen and oxygen atoms in total. The fraction of sp³-hybridized carbons (Fsp3) is 0.500. The first-order valence-electron chi connectivity index (χ1n) is 14.9. The summed E-state index contributed by atoms with van der Waals surface area (Å²) in [6.45, 7) is 4.98. The van der Waals surface area contributed by atoms with Crippen molar-refractivity contribution in [1.82, 2.24) is 19.2 Å². The molecule has 4 aliphatic rings. The number of rotatable bonds is 2. The lowest BCUT2D eigenvalue weighted by Gasteiger charge is -2.37. The third-order valence-corrected chi connectivity index (χ3v) is 9.36. The van der Waals surface area contributed by atoms with Crippen LogP contribution in [-0.2, 0) is 23.5 Å². The molecule has 1 saturated heterocycles. The van der Waals surface area contributed by atoms with E-state index < -0.39 is 40.1 Å². The highest BCUT2D eigenvalue weighted by Crippen LogP contribution is 2.44. The van der Waals surface area contributed by atoms with Gasteiger partial charge in [0.15, 0.2) is 5.82 Å². The minimum absolute atomic E-state index is 0.0633. The van der Waals surface area contributed by atoms with E-state index in [1.165, 1.54) is 33.6 Å². The van der Waals surface area contributed by atoms with Gasteiger partial charge in [-0.25, -0.2) is 13.5 Å². The summed E-state index contributed by atoms with van der Waals surface area (Å²) in [4.78, 5) is 28.8. The van der Waals surface area contributed by atoms with E-state index in [9.17, 15) is 20.0 Å². The number of piperidine rings is 1. The number of aryl methyl sites for hydroxylation is 1. The van der Waals surface area contributed by atoms with Gasteiger partial charge in [0.1, 0.15) is 5.54 Å². The van der Waals surface area contributed by atoms with E-state index in [1.54, 1.807) is 12.1 Å². The standard InChI is InChI=1S/C32H36F2N6O3/c1-3-10-30(2)22-5-4-6-23(16-22)32(33,34)21-7-13-38(14-8-21)18-24(41)9-15-40-29(43)25-17-27(42)39(31(20-35)11-12-31)19-26(25)28(36-30)37-40/h3-6,10,16-17,19,21,24,41H,7-9,11-15,18H2,1-2H3,(H,36,37)/b10-3-/t24?,30-/m1/s1. The number of halogens is 2. The summed E-state index contributed by atoms with van der Waals surface area (Å²) in [5.74, 6) is -3.61. The molecule has 11 heteroatoms. The second-order valence-corrected chi connectivity index (χ2v) is 12.4. The van der Waals surface area contributed by atoms with E-state index in [0.717, 1.165) is 0 Å². The van der Waals surface area contributed by atoms with E-state index >= 15 is 8.78 Å². The molecule has 1 saturated carbocycles. The first kappa shape index (κ1) is 29.2. The Kier molecular flexibility index (Phi) is 7.26. The molecule has 2 atom stereocenters. The molecule has 0 radical (unpaired) electrons. The predicted molar refractivity (Wildman–Crippen MR) is 159 cm³/mol. The molecule has 2 aromatic heterocycles. The van der Waals surface area contributed by atoms with Gasteiger partial charge in [-0.2, -0.15) is 10.4 Å². The summed E-state index contributed by atoms with van der Waals surface area (Å²) in [6, 6.07) is 9.89. The predicted octanol–water partition coefficient (Wildman–Crippen LogP) is 4.04. The van der Waals surface area contributed by atoms with Crippen molar-refractivity contribution in [3.8, 4) is 6.07 Å². The summed E-state index contributed by atoms with van der Waals surface area (Å²) in [5.41, 5.74) is -2.42. The van der Waals surface area contributed by atoms with Crippen molar-refractivity contribution in [3.63, 3.8) is 0 Å². The lowest BCUT2D eigenvalue weighted by atomic mass is 9.83. The van der Waals surface area contributed by atoms with Gasteiger partial charge in [0.25, 0.3) is 17.0 Å². The van der Waals surface area contributed by atoms with Crippen LogP contribution in [-0.4, -0.2) is 50.1 Å². The average Bonchev–Trinajstić information content (AvgIpc) is 3.79. The highest BCUT2D eigenvalue weighted by Gasteiger charge is 2.46. The van der Waals surface area contributed by atoms with E-state index in [-0.39, 0.29) is 29.7 Å². The maximum absolute atomic E-state index is 16.0. The summed E-state index contributed by atoms with van der Waals surface area (Å²) in [5, 5.41) is 29.2. The molecule has 2 fully saturated rings. The molecule has 1 aromatic carbocycles. The number of nitrogens with zero attached hydrogens (tertiary/aromatic N) is 5. The number of hydrogen-bond acceptors (Lipinski definition) is 7. The number of benzene rings is 1. The van der Waals surface area contributed by atoms with Crippen LogP contribution in [0, 0.1) is 17.2 Å². The number of fused-ring (bicyclic) bond motifs is 7. The van der Waals surface area contributed by atoms with Crippen LogP contribution in [0.25, 0.3) is 10.8 Å². The number of pyridine rings is 1. The number of allylic oxidation sites excluding steroid dienone is 1. The molecule has 5 heterocycles. The van der Waals surface area contributed by atoms with Gasteiger partial charge in [-0.3, -0.25) is 14.2 Å². The van der Waals surface area contributed by atoms with Crippen LogP contribution in [0.2, 0.25) is 0 Å². The Morgan fingerprint density at radius 3 is 2.49 bits per heavy atom. The van der Waals surface area contributed by atoms with Crippen molar-refractivity contribution < 1.29 is 13.9 Å². The van der Waals surface area contributed by atoms with Crippen molar-refractivity contribution in [2.45, 2.75) is 75.6 Å². The van der Waals surface area contributed by atoms with Crippen LogP contribution < -0.4 is 16.4 Å². The number of anilines is 1. The molecule has 2 N–H and O–H groups in total. The molecule has 1 aliphatic carbocycles. The maximum Gasteiger partial charge on any atom is 0.276 e. The number of hydrogen-bond donors (Lipinski definition) is 2. The van der Waals surface area contributed by atoms with Crippen LogP contribution in [0.15, 0.2) is 58.3 Å². The number of alkyl halides is 2. The van der Waals surface area contributed by atoms with Gasteiger partial charge in [0.2, 0.25) is 0 Å². The quantitative estimate of drug-likeness (QED) is 0.433. The summed E-state index contributed by atoms with van der Waals surface area (Å²) < 4.78 is 34.5. The van der Waals surface area contributed by atoms with E-state index in [0.29, 0.717) is 56.3 Å². The molecule has 0 spiro atoms. The van der Waals surface area contributed by atoms with Crippen molar-refractivity contribution in [2.24, 2.45) is 5.92 Å². The molecule has 3 aliphatic heterocycles. The Morgan fingerprint density at radius 2 is 1.81 bits per heavy atom. The zero-order valence-corrected chi connectivity index (χ0v) is 24.4. The largest absolute Gasteiger partial charge is 0.392 e. The monoisotopic (exact) mass is 590 g/mol. The highest BCUT2D eigenvalue weighted by molar-refractivity contribution is 5.90. The Labute approximate surface area is 248 Å². The maximum atomic E-state index is 16.0. The summed E-state index contributed by atoms with van der Waals surface area (Å²) in [6.07, 6.45) is 6.26. The first-order valence-corrected chi connectivity index (χ1v) is 14.9. The summed E-state index contributed by atoms with van der Waals surface area (Å²) >= 11 is 0. The molecular formula is C32H36F2N6O3. The lowest BCUT2D eigenvalue weighted by molar-refractivity contribution is -0.0875. The lowest BCUT2D eigenvalue weighted by Crippen LogP contribution is -2.43. The van der Waals surface area contributed by atoms with Crippen molar-refractivity contribution >= 4 is 16.6 Å². The van der Waals surface area contributed by atoms with Crippen LogP contribution in [0.4, 0.5) is 14.6 Å². The number of aliphatic hydroxyl groups is 1. The number of nitrogens with one attached hydrogen (secondary N) is 1. The Bertz CT molecular complexity index is 1750. The Hall–Kier alpha value is -3.88. The van der Waals surface area contributed by atoms with Gasteiger partial charge in [-0.15, -0.1) is 0 Å². The van der Waals surface area contributed by atoms with Crippen molar-refractivity contribution in [3.05, 3.63) is 80.5 Å². The van der Waals surface area contributed by atoms with E-state index in [2.05, 4.69) is 16.5 Å². The van der Waals surface area contributed by atoms with Gasteiger partial charge in [0, 0.05) is 42.2 Å². The van der Waals surface area contributed by atoms with Gasteiger partial charge in [-0.1, -0.05) is 30.4 Å². The number of nitriles is 1.